The van der Waals surface area contributed by atoms with Crippen LogP contribution < -0.4 is 5.32 Å². The van der Waals surface area contributed by atoms with Gasteiger partial charge in [0.25, 0.3) is 0 Å². The van der Waals surface area contributed by atoms with Crippen molar-refractivity contribution in [1.29, 1.82) is 0 Å². The molecule has 0 saturated carbocycles. The van der Waals surface area contributed by atoms with Gasteiger partial charge >= 0.3 is 0 Å². The van der Waals surface area contributed by atoms with E-state index in [0.29, 0.717) is 17.1 Å². The van der Waals surface area contributed by atoms with Crippen molar-refractivity contribution in [3.8, 4) is 0 Å². The van der Waals surface area contributed by atoms with Gasteiger partial charge in [0.05, 0.1) is 0 Å². The molecule has 96 valence electrons. The second-order valence-corrected chi connectivity index (χ2v) is 5.53. The normalized spacial score (nSPS) is 10.8. The van der Waals surface area contributed by atoms with E-state index in [1.807, 2.05) is 0 Å². The Labute approximate surface area is 121 Å². The molecule has 0 unspecified atom stereocenters. The van der Waals surface area contributed by atoms with Crippen LogP contribution in [0.15, 0.2) is 18.2 Å². The Morgan fingerprint density at radius 3 is 2.71 bits per heavy atom. The monoisotopic (exact) mass is 369 g/mol. The van der Waals surface area contributed by atoms with E-state index in [1.54, 1.807) is 12.1 Å². The fourth-order valence-electron chi connectivity index (χ4n) is 1.60. The van der Waals surface area contributed by atoms with Crippen molar-refractivity contribution in [2.75, 3.05) is 11.0 Å². The molecule has 4 heteroatoms. The van der Waals surface area contributed by atoms with Gasteiger partial charge in [-0.25, -0.2) is 4.39 Å². The van der Waals surface area contributed by atoms with E-state index < -0.39 is 0 Å². The fourth-order valence-corrected chi connectivity index (χ4v) is 2.33. The number of halogens is 3. The number of hydrogen-bond acceptors (Lipinski definition) is 1. The maximum Gasteiger partial charge on any atom is 0.127 e. The van der Waals surface area contributed by atoms with Crippen LogP contribution in [0.5, 0.6) is 0 Å². The van der Waals surface area contributed by atoms with Crippen molar-refractivity contribution in [3.05, 3.63) is 34.6 Å². The Hall–Kier alpha value is 0.130. The molecular weight excluding hydrogens is 352 g/mol. The molecule has 1 N–H and O–H groups in total. The summed E-state index contributed by atoms with van der Waals surface area (Å²) < 4.78 is 14.6. The molecule has 0 aromatic heterocycles. The second kappa shape index (κ2) is 9.11. The minimum Gasteiger partial charge on any atom is -0.313 e. The van der Waals surface area contributed by atoms with Crippen LogP contribution in [0.2, 0.25) is 5.02 Å². The molecule has 0 aliphatic carbocycles. The van der Waals surface area contributed by atoms with E-state index in [0.717, 1.165) is 13.0 Å². The number of rotatable bonds is 8. The van der Waals surface area contributed by atoms with Gasteiger partial charge in [-0.15, -0.1) is 0 Å². The molecule has 0 aliphatic rings. The summed E-state index contributed by atoms with van der Waals surface area (Å²) in [6, 6.07) is 4.67. The Bertz CT molecular complexity index is 333. The van der Waals surface area contributed by atoms with Crippen LogP contribution in [0.1, 0.15) is 31.2 Å². The van der Waals surface area contributed by atoms with Crippen LogP contribution >= 0.6 is 34.2 Å². The highest BCUT2D eigenvalue weighted by Crippen LogP contribution is 2.14. The summed E-state index contributed by atoms with van der Waals surface area (Å²) in [4.78, 5) is 0. The molecule has 1 aromatic rings. The van der Waals surface area contributed by atoms with Crippen LogP contribution in [0.4, 0.5) is 4.39 Å². The minimum atomic E-state index is -0.188. The van der Waals surface area contributed by atoms with E-state index in [4.69, 9.17) is 11.6 Å². The van der Waals surface area contributed by atoms with Gasteiger partial charge < -0.3 is 5.32 Å². The molecule has 0 aliphatic heterocycles. The number of alkyl halides is 1. The van der Waals surface area contributed by atoms with Gasteiger partial charge in [0.2, 0.25) is 0 Å². The first kappa shape index (κ1) is 15.2. The topological polar surface area (TPSA) is 12.0 Å². The lowest BCUT2D eigenvalue weighted by Crippen LogP contribution is -2.15. The largest absolute Gasteiger partial charge is 0.313 e. The SMILES string of the molecule is Fc1ccc(Cl)cc1CNCCCCCCI. The predicted molar refractivity (Wildman–Crippen MR) is 80.5 cm³/mol. The highest BCUT2D eigenvalue weighted by molar-refractivity contribution is 14.1. The highest BCUT2D eigenvalue weighted by atomic mass is 127. The van der Waals surface area contributed by atoms with Gasteiger partial charge in [-0.1, -0.05) is 47.0 Å². The molecule has 0 saturated heterocycles. The zero-order chi connectivity index (χ0) is 12.5. The number of unbranched alkanes of at least 4 members (excludes halogenated alkanes) is 3. The first-order valence-electron chi connectivity index (χ1n) is 5.94. The fraction of sp³-hybridized carbons (Fsp3) is 0.538. The van der Waals surface area contributed by atoms with Crippen LogP contribution in [0, 0.1) is 5.82 Å². The summed E-state index contributed by atoms with van der Waals surface area (Å²) in [7, 11) is 0. The van der Waals surface area contributed by atoms with E-state index >= 15 is 0 Å². The third kappa shape index (κ3) is 6.58. The number of nitrogens with one attached hydrogen (secondary N) is 1. The molecule has 0 amide bonds. The average molecular weight is 370 g/mol. The second-order valence-electron chi connectivity index (χ2n) is 4.02. The lowest BCUT2D eigenvalue weighted by atomic mass is 10.2. The van der Waals surface area contributed by atoms with E-state index in [1.165, 1.54) is 29.8 Å². The summed E-state index contributed by atoms with van der Waals surface area (Å²) >= 11 is 8.22. The summed E-state index contributed by atoms with van der Waals surface area (Å²) in [5.41, 5.74) is 0.643. The first-order valence-corrected chi connectivity index (χ1v) is 7.85. The van der Waals surface area contributed by atoms with Gasteiger partial charge in [-0.2, -0.15) is 0 Å². The van der Waals surface area contributed by atoms with Crippen LogP contribution in [0.3, 0.4) is 0 Å². The molecule has 0 fully saturated rings. The van der Waals surface area contributed by atoms with E-state index in [-0.39, 0.29) is 5.82 Å². The Morgan fingerprint density at radius 2 is 1.94 bits per heavy atom. The molecule has 0 heterocycles. The smallest absolute Gasteiger partial charge is 0.127 e. The van der Waals surface area contributed by atoms with Gasteiger partial charge in [-0.05, 0) is 42.0 Å². The summed E-state index contributed by atoms with van der Waals surface area (Å²) in [6.07, 6.45) is 4.98. The average Bonchev–Trinajstić information content (AvgIpc) is 2.32. The molecule has 0 spiro atoms. The molecule has 1 nitrogen and oxygen atoms in total. The molecule has 1 aromatic carbocycles. The number of benzene rings is 1. The van der Waals surface area contributed by atoms with Crippen molar-refractivity contribution in [3.63, 3.8) is 0 Å². The minimum absolute atomic E-state index is 0.188. The lowest BCUT2D eigenvalue weighted by Gasteiger charge is -2.06. The molecule has 0 radical (unpaired) electrons. The highest BCUT2D eigenvalue weighted by Gasteiger charge is 2.01. The molecule has 1 rings (SSSR count). The maximum atomic E-state index is 13.3. The predicted octanol–water partition coefficient (Wildman–Crippen LogP) is 4.56. The van der Waals surface area contributed by atoms with Crippen molar-refractivity contribution >= 4 is 34.2 Å². The van der Waals surface area contributed by atoms with Gasteiger partial charge in [0, 0.05) is 17.1 Å². The molecule has 17 heavy (non-hydrogen) atoms. The standard InChI is InChI=1S/C13H18ClFIN/c14-12-5-6-13(15)11(9-12)10-17-8-4-2-1-3-7-16/h5-6,9,17H,1-4,7-8,10H2. The Balaban J connectivity index is 2.15. The van der Waals surface area contributed by atoms with E-state index in [2.05, 4.69) is 27.9 Å². The molecule has 0 bridgehead atoms. The summed E-state index contributed by atoms with van der Waals surface area (Å²) in [6.45, 7) is 1.49. The van der Waals surface area contributed by atoms with Crippen molar-refractivity contribution in [1.82, 2.24) is 5.32 Å². The van der Waals surface area contributed by atoms with Gasteiger partial charge in [-0.3, -0.25) is 0 Å². The summed E-state index contributed by atoms with van der Waals surface area (Å²) in [5.74, 6) is -0.188. The zero-order valence-corrected chi connectivity index (χ0v) is 12.7. The zero-order valence-electron chi connectivity index (χ0n) is 9.82. The van der Waals surface area contributed by atoms with E-state index in [9.17, 15) is 4.39 Å². The van der Waals surface area contributed by atoms with Crippen molar-refractivity contribution in [2.24, 2.45) is 0 Å². The summed E-state index contributed by atoms with van der Waals surface area (Å²) in [5, 5.41) is 3.83. The van der Waals surface area contributed by atoms with Crippen LogP contribution in [-0.2, 0) is 6.54 Å². The Morgan fingerprint density at radius 1 is 1.18 bits per heavy atom. The molecular formula is C13H18ClFIN. The lowest BCUT2D eigenvalue weighted by molar-refractivity contribution is 0.568. The van der Waals surface area contributed by atoms with Crippen molar-refractivity contribution < 1.29 is 4.39 Å². The van der Waals surface area contributed by atoms with Crippen molar-refractivity contribution in [2.45, 2.75) is 32.2 Å². The molecule has 0 atom stereocenters. The van der Waals surface area contributed by atoms with Gasteiger partial charge in [0.15, 0.2) is 0 Å². The van der Waals surface area contributed by atoms with Crippen LogP contribution in [-0.4, -0.2) is 11.0 Å². The quantitative estimate of drug-likeness (QED) is 0.402. The van der Waals surface area contributed by atoms with Gasteiger partial charge in [0.1, 0.15) is 5.82 Å². The van der Waals surface area contributed by atoms with Crippen LogP contribution in [0.25, 0.3) is 0 Å². The number of hydrogen-bond donors (Lipinski definition) is 1. The maximum absolute atomic E-state index is 13.3. The third-order valence-corrected chi connectivity index (χ3v) is 3.56. The third-order valence-electron chi connectivity index (χ3n) is 2.56. The Kier molecular flexibility index (Phi) is 8.14. The first-order chi connectivity index (χ1) is 8.24.